The molecule has 0 aliphatic carbocycles. The fraction of sp³-hybridized carbons (Fsp3) is 0.0952. The van der Waals surface area contributed by atoms with Gasteiger partial charge in [0.25, 0.3) is 5.91 Å². The molecule has 3 nitrogen and oxygen atoms in total. The Labute approximate surface area is 148 Å². The first-order valence-corrected chi connectivity index (χ1v) is 9.82. The Kier molecular flexibility index (Phi) is 4.87. The van der Waals surface area contributed by atoms with E-state index in [0.29, 0.717) is 10.9 Å². The van der Waals surface area contributed by atoms with Crippen LogP contribution in [0, 0.1) is 6.92 Å². The lowest BCUT2D eigenvalue weighted by Crippen LogP contribution is -2.32. The molecule has 4 heteroatoms. The summed E-state index contributed by atoms with van der Waals surface area (Å²) < 4.78 is 14.4. The van der Waals surface area contributed by atoms with E-state index < -0.39 is 7.14 Å². The molecule has 0 fully saturated rings. The molecule has 0 saturated heterocycles. The van der Waals surface area contributed by atoms with Gasteiger partial charge in [-0.15, -0.1) is 0 Å². The maximum Gasteiger partial charge on any atom is 0.251 e. The number of hydrogen-bond donors (Lipinski definition) is 1. The lowest BCUT2D eigenvalue weighted by molar-refractivity contribution is 0.0964. The Morgan fingerprint density at radius 3 is 1.84 bits per heavy atom. The quantitative estimate of drug-likeness (QED) is 0.736. The molecular weight excluding hydrogens is 329 g/mol. The second-order valence-electron chi connectivity index (χ2n) is 5.88. The first-order chi connectivity index (χ1) is 12.1. The molecule has 1 amide bonds. The van der Waals surface area contributed by atoms with Crippen LogP contribution in [-0.2, 0) is 4.57 Å². The highest BCUT2D eigenvalue weighted by Crippen LogP contribution is 2.43. The molecule has 126 valence electrons. The molecular formula is C21H20NO2P. The Bertz CT molecular complexity index is 893. The molecule has 0 aromatic heterocycles. The van der Waals surface area contributed by atoms with E-state index in [1.807, 2.05) is 79.7 Å². The molecule has 0 bridgehead atoms. The van der Waals surface area contributed by atoms with Gasteiger partial charge in [-0.25, -0.2) is 0 Å². The van der Waals surface area contributed by atoms with Gasteiger partial charge in [0.05, 0.1) is 5.56 Å². The fourth-order valence-corrected chi connectivity index (χ4v) is 5.87. The summed E-state index contributed by atoms with van der Waals surface area (Å²) in [6.07, 6.45) is 0. The summed E-state index contributed by atoms with van der Waals surface area (Å²) in [6, 6.07) is 24.2. The predicted octanol–water partition coefficient (Wildman–Crippen LogP) is 2.99. The van der Waals surface area contributed by atoms with Crippen LogP contribution >= 0.6 is 7.14 Å². The number of nitrogens with one attached hydrogen (secondary N) is 1. The van der Waals surface area contributed by atoms with E-state index in [0.717, 1.165) is 16.2 Å². The van der Waals surface area contributed by atoms with Crippen LogP contribution in [0.1, 0.15) is 15.9 Å². The van der Waals surface area contributed by atoms with Crippen LogP contribution in [-0.4, -0.2) is 13.0 Å². The van der Waals surface area contributed by atoms with Crippen molar-refractivity contribution >= 4 is 29.0 Å². The molecule has 0 radical (unpaired) electrons. The zero-order chi connectivity index (χ0) is 17.9. The molecule has 3 rings (SSSR count). The molecule has 3 aromatic rings. The van der Waals surface area contributed by atoms with Gasteiger partial charge in [0, 0.05) is 23.0 Å². The maximum absolute atomic E-state index is 14.4. The van der Waals surface area contributed by atoms with E-state index >= 15 is 0 Å². The van der Waals surface area contributed by atoms with Crippen LogP contribution < -0.4 is 21.2 Å². The van der Waals surface area contributed by atoms with Crippen molar-refractivity contribution in [1.29, 1.82) is 0 Å². The van der Waals surface area contributed by atoms with Crippen molar-refractivity contribution in [3.05, 3.63) is 90.0 Å². The zero-order valence-corrected chi connectivity index (χ0v) is 15.2. The van der Waals surface area contributed by atoms with Gasteiger partial charge in [0.15, 0.2) is 7.14 Å². The summed E-state index contributed by atoms with van der Waals surface area (Å²) in [5, 5.41) is 4.67. The van der Waals surface area contributed by atoms with Gasteiger partial charge in [0.1, 0.15) is 0 Å². The minimum absolute atomic E-state index is 0.234. The minimum atomic E-state index is -3.17. The van der Waals surface area contributed by atoms with Crippen molar-refractivity contribution in [1.82, 2.24) is 5.32 Å². The van der Waals surface area contributed by atoms with E-state index in [-0.39, 0.29) is 5.91 Å². The average molecular weight is 349 g/mol. The number of carbonyl (C=O) groups is 1. The van der Waals surface area contributed by atoms with Crippen molar-refractivity contribution < 1.29 is 9.36 Å². The largest absolute Gasteiger partial charge is 0.355 e. The molecule has 0 aliphatic rings. The van der Waals surface area contributed by atoms with E-state index in [1.54, 1.807) is 13.1 Å². The Morgan fingerprint density at radius 1 is 0.840 bits per heavy atom. The second kappa shape index (κ2) is 7.08. The van der Waals surface area contributed by atoms with Crippen LogP contribution in [0.15, 0.2) is 78.9 Å². The SMILES string of the molecule is CNC(=O)c1ccc(C)cc1P(=O)(c1ccccc1)c1ccccc1. The van der Waals surface area contributed by atoms with Crippen molar-refractivity contribution in [2.45, 2.75) is 6.92 Å². The van der Waals surface area contributed by atoms with E-state index in [2.05, 4.69) is 5.32 Å². The smallest absolute Gasteiger partial charge is 0.251 e. The van der Waals surface area contributed by atoms with Crippen molar-refractivity contribution in [3.63, 3.8) is 0 Å². The lowest BCUT2D eigenvalue weighted by atomic mass is 10.1. The standard InChI is InChI=1S/C21H20NO2P/c1-16-13-14-19(21(23)22-2)20(15-16)25(24,17-9-5-3-6-10-17)18-11-7-4-8-12-18/h3-15H,1-2H3,(H,22,23). The first-order valence-electron chi connectivity index (χ1n) is 8.12. The van der Waals surface area contributed by atoms with Gasteiger partial charge in [-0.2, -0.15) is 0 Å². The van der Waals surface area contributed by atoms with E-state index in [9.17, 15) is 9.36 Å². The van der Waals surface area contributed by atoms with Gasteiger partial charge in [-0.1, -0.05) is 72.3 Å². The monoisotopic (exact) mass is 349 g/mol. The molecule has 0 heterocycles. The molecule has 0 aliphatic heterocycles. The first kappa shape index (κ1) is 17.2. The third-order valence-corrected chi connectivity index (χ3v) is 7.30. The summed E-state index contributed by atoms with van der Waals surface area (Å²) in [5.74, 6) is -0.234. The van der Waals surface area contributed by atoms with Crippen LogP contribution in [0.25, 0.3) is 0 Å². The van der Waals surface area contributed by atoms with Gasteiger partial charge in [-0.3, -0.25) is 4.79 Å². The highest BCUT2D eigenvalue weighted by Gasteiger charge is 2.33. The van der Waals surface area contributed by atoms with Crippen molar-refractivity contribution in [2.24, 2.45) is 0 Å². The van der Waals surface area contributed by atoms with Gasteiger partial charge in [-0.05, 0) is 19.1 Å². The average Bonchev–Trinajstić information content (AvgIpc) is 2.68. The van der Waals surface area contributed by atoms with Crippen LogP contribution in [0.5, 0.6) is 0 Å². The fourth-order valence-electron chi connectivity index (χ4n) is 2.93. The van der Waals surface area contributed by atoms with Crippen LogP contribution in [0.2, 0.25) is 0 Å². The van der Waals surface area contributed by atoms with Crippen molar-refractivity contribution in [2.75, 3.05) is 7.05 Å². The summed E-state index contributed by atoms with van der Waals surface area (Å²) in [7, 11) is -1.58. The topological polar surface area (TPSA) is 46.2 Å². The number of aryl methyl sites for hydroxylation is 1. The number of benzene rings is 3. The van der Waals surface area contributed by atoms with Crippen LogP contribution in [0.3, 0.4) is 0 Å². The third kappa shape index (κ3) is 3.16. The molecule has 3 aromatic carbocycles. The van der Waals surface area contributed by atoms with Gasteiger partial charge >= 0.3 is 0 Å². The Balaban J connectivity index is 2.37. The van der Waals surface area contributed by atoms with Crippen LogP contribution in [0.4, 0.5) is 0 Å². The van der Waals surface area contributed by atoms with Gasteiger partial charge < -0.3 is 9.88 Å². The molecule has 0 spiro atoms. The number of rotatable bonds is 4. The van der Waals surface area contributed by atoms with Gasteiger partial charge in [0.2, 0.25) is 0 Å². The minimum Gasteiger partial charge on any atom is -0.355 e. The summed E-state index contributed by atoms with van der Waals surface area (Å²) in [6.45, 7) is 1.94. The molecule has 0 atom stereocenters. The summed E-state index contributed by atoms with van der Waals surface area (Å²) >= 11 is 0. The summed E-state index contributed by atoms with van der Waals surface area (Å²) in [5.41, 5.74) is 1.42. The molecule has 0 saturated carbocycles. The normalized spacial score (nSPS) is 11.1. The zero-order valence-electron chi connectivity index (χ0n) is 14.3. The number of amides is 1. The molecule has 25 heavy (non-hydrogen) atoms. The lowest BCUT2D eigenvalue weighted by Gasteiger charge is -2.22. The van der Waals surface area contributed by atoms with Crippen molar-refractivity contribution in [3.8, 4) is 0 Å². The second-order valence-corrected chi connectivity index (χ2v) is 8.61. The molecule has 0 unspecified atom stereocenters. The highest BCUT2D eigenvalue weighted by atomic mass is 31.2. The summed E-state index contributed by atoms with van der Waals surface area (Å²) in [4.78, 5) is 12.4. The Morgan fingerprint density at radius 2 is 1.36 bits per heavy atom. The number of carbonyl (C=O) groups excluding carboxylic acids is 1. The highest BCUT2D eigenvalue weighted by molar-refractivity contribution is 7.85. The number of hydrogen-bond acceptors (Lipinski definition) is 2. The van der Waals surface area contributed by atoms with E-state index in [4.69, 9.17) is 0 Å². The molecule has 1 N–H and O–H groups in total. The predicted molar refractivity (Wildman–Crippen MR) is 104 cm³/mol. The third-order valence-electron chi connectivity index (χ3n) is 4.20. The maximum atomic E-state index is 14.4. The Hall–Kier alpha value is -2.64. The van der Waals surface area contributed by atoms with E-state index in [1.165, 1.54) is 0 Å².